The minimum Gasteiger partial charge on any atom is -0.343 e. The van der Waals surface area contributed by atoms with Crippen molar-refractivity contribution >= 4 is 15.9 Å². The monoisotopic (exact) mass is 324 g/mol. The molecule has 1 saturated heterocycles. The van der Waals surface area contributed by atoms with Crippen molar-refractivity contribution in [3.8, 4) is 0 Å². The summed E-state index contributed by atoms with van der Waals surface area (Å²) in [5, 5.41) is 0. The largest absolute Gasteiger partial charge is 0.343 e. The number of amides is 1. The Kier molecular flexibility index (Phi) is 5.24. The minimum absolute atomic E-state index is 0.0920. The first-order valence-electron chi connectivity index (χ1n) is 7.62. The molecule has 0 unspecified atom stereocenters. The SMILES string of the molecule is CC(=O)N1CCC(CNS(=O)(=O)c2ccc(C)cc2C)CC1. The molecule has 1 aromatic rings. The standard InChI is InChI=1S/C16H24N2O3S/c1-12-4-5-16(13(2)10-12)22(20,21)17-11-15-6-8-18(9-7-15)14(3)19/h4-5,10,15,17H,6-9,11H2,1-3H3. The lowest BCUT2D eigenvalue weighted by molar-refractivity contribution is -0.130. The van der Waals surface area contributed by atoms with Crippen LogP contribution in [0.3, 0.4) is 0 Å². The molecule has 0 aliphatic carbocycles. The van der Waals surface area contributed by atoms with Gasteiger partial charge in [-0.3, -0.25) is 4.79 Å². The maximum absolute atomic E-state index is 12.4. The maximum atomic E-state index is 12.4. The van der Waals surface area contributed by atoms with Gasteiger partial charge in [0, 0.05) is 26.6 Å². The van der Waals surface area contributed by atoms with Crippen molar-refractivity contribution in [3.63, 3.8) is 0 Å². The second-order valence-electron chi connectivity index (χ2n) is 6.07. The zero-order valence-corrected chi connectivity index (χ0v) is 14.2. The Morgan fingerprint density at radius 1 is 1.27 bits per heavy atom. The maximum Gasteiger partial charge on any atom is 0.240 e. The fraction of sp³-hybridized carbons (Fsp3) is 0.562. The number of hydrogen-bond donors (Lipinski definition) is 1. The van der Waals surface area contributed by atoms with Crippen LogP contribution in [0.25, 0.3) is 0 Å². The molecule has 1 aliphatic heterocycles. The van der Waals surface area contributed by atoms with Crippen LogP contribution in [0.2, 0.25) is 0 Å². The van der Waals surface area contributed by atoms with Crippen molar-refractivity contribution in [2.75, 3.05) is 19.6 Å². The Labute approximate surface area is 132 Å². The summed E-state index contributed by atoms with van der Waals surface area (Å²) >= 11 is 0. The number of piperidine rings is 1. The highest BCUT2D eigenvalue weighted by Gasteiger charge is 2.23. The van der Waals surface area contributed by atoms with Gasteiger partial charge in [0.1, 0.15) is 0 Å². The summed E-state index contributed by atoms with van der Waals surface area (Å²) in [5.74, 6) is 0.380. The van der Waals surface area contributed by atoms with Crippen LogP contribution in [-0.4, -0.2) is 38.9 Å². The number of aryl methyl sites for hydroxylation is 2. The summed E-state index contributed by atoms with van der Waals surface area (Å²) in [4.78, 5) is 13.4. The van der Waals surface area contributed by atoms with E-state index < -0.39 is 10.0 Å². The number of carbonyl (C=O) groups excluding carboxylic acids is 1. The van der Waals surface area contributed by atoms with Gasteiger partial charge >= 0.3 is 0 Å². The van der Waals surface area contributed by atoms with E-state index in [1.807, 2.05) is 30.9 Å². The first kappa shape index (κ1) is 17.0. The molecule has 0 aromatic heterocycles. The number of nitrogens with one attached hydrogen (secondary N) is 1. The first-order valence-corrected chi connectivity index (χ1v) is 9.10. The number of likely N-dealkylation sites (tertiary alicyclic amines) is 1. The van der Waals surface area contributed by atoms with Crippen molar-refractivity contribution in [1.82, 2.24) is 9.62 Å². The van der Waals surface area contributed by atoms with E-state index in [0.717, 1.165) is 24.0 Å². The van der Waals surface area contributed by atoms with Crippen LogP contribution in [0.15, 0.2) is 23.1 Å². The lowest BCUT2D eigenvalue weighted by Gasteiger charge is -2.31. The Hall–Kier alpha value is -1.40. The van der Waals surface area contributed by atoms with Crippen LogP contribution in [0.4, 0.5) is 0 Å². The lowest BCUT2D eigenvalue weighted by atomic mass is 9.97. The molecule has 0 radical (unpaired) electrons. The zero-order valence-electron chi connectivity index (χ0n) is 13.4. The summed E-state index contributed by atoms with van der Waals surface area (Å²) in [6.07, 6.45) is 1.68. The summed E-state index contributed by atoms with van der Waals surface area (Å²) < 4.78 is 27.5. The first-order chi connectivity index (χ1) is 10.3. The molecule has 1 N–H and O–H groups in total. The highest BCUT2D eigenvalue weighted by Crippen LogP contribution is 2.19. The van der Waals surface area contributed by atoms with Crippen molar-refractivity contribution in [2.24, 2.45) is 5.92 Å². The van der Waals surface area contributed by atoms with Crippen LogP contribution in [0.5, 0.6) is 0 Å². The molecule has 22 heavy (non-hydrogen) atoms. The number of hydrogen-bond acceptors (Lipinski definition) is 3. The average Bonchev–Trinajstić information content (AvgIpc) is 2.45. The van der Waals surface area contributed by atoms with Crippen LogP contribution >= 0.6 is 0 Å². The topological polar surface area (TPSA) is 66.5 Å². The van der Waals surface area contributed by atoms with Crippen molar-refractivity contribution in [1.29, 1.82) is 0 Å². The number of nitrogens with zero attached hydrogens (tertiary/aromatic N) is 1. The van der Waals surface area contributed by atoms with E-state index in [0.29, 0.717) is 24.5 Å². The fourth-order valence-corrected chi connectivity index (χ4v) is 4.20. The van der Waals surface area contributed by atoms with E-state index in [9.17, 15) is 13.2 Å². The smallest absolute Gasteiger partial charge is 0.240 e. The van der Waals surface area contributed by atoms with Gasteiger partial charge < -0.3 is 4.90 Å². The van der Waals surface area contributed by atoms with E-state index in [2.05, 4.69) is 4.72 Å². The van der Waals surface area contributed by atoms with E-state index >= 15 is 0 Å². The molecule has 1 amide bonds. The molecule has 5 nitrogen and oxygen atoms in total. The highest BCUT2D eigenvalue weighted by molar-refractivity contribution is 7.89. The average molecular weight is 324 g/mol. The minimum atomic E-state index is -3.47. The molecular formula is C16H24N2O3S. The van der Waals surface area contributed by atoms with Gasteiger partial charge in [-0.05, 0) is 44.2 Å². The molecular weight excluding hydrogens is 300 g/mol. The van der Waals surface area contributed by atoms with Crippen LogP contribution in [0, 0.1) is 19.8 Å². The van der Waals surface area contributed by atoms with Crippen LogP contribution in [0.1, 0.15) is 30.9 Å². The third-order valence-electron chi connectivity index (χ3n) is 4.24. The quantitative estimate of drug-likeness (QED) is 0.919. The van der Waals surface area contributed by atoms with Gasteiger partial charge in [0.25, 0.3) is 0 Å². The van der Waals surface area contributed by atoms with E-state index in [-0.39, 0.29) is 11.8 Å². The van der Waals surface area contributed by atoms with Crippen molar-refractivity contribution in [3.05, 3.63) is 29.3 Å². The van der Waals surface area contributed by atoms with E-state index in [1.54, 1.807) is 13.0 Å². The second kappa shape index (κ2) is 6.79. The molecule has 2 rings (SSSR count). The number of rotatable bonds is 4. The molecule has 1 fully saturated rings. The van der Waals surface area contributed by atoms with Gasteiger partial charge in [0.15, 0.2) is 0 Å². The molecule has 0 spiro atoms. The summed E-state index contributed by atoms with van der Waals surface area (Å²) in [6.45, 7) is 7.19. The van der Waals surface area contributed by atoms with Gasteiger partial charge in [-0.15, -0.1) is 0 Å². The molecule has 6 heteroatoms. The number of benzene rings is 1. The second-order valence-corrected chi connectivity index (χ2v) is 7.81. The predicted molar refractivity (Wildman–Crippen MR) is 86.1 cm³/mol. The summed E-state index contributed by atoms with van der Waals surface area (Å²) in [6, 6.07) is 5.35. The number of sulfonamides is 1. The third kappa shape index (κ3) is 4.08. The molecule has 0 atom stereocenters. The summed E-state index contributed by atoms with van der Waals surface area (Å²) in [7, 11) is -3.47. The Morgan fingerprint density at radius 2 is 1.91 bits per heavy atom. The molecule has 0 bridgehead atoms. The molecule has 0 saturated carbocycles. The Bertz CT molecular complexity index is 647. The zero-order chi connectivity index (χ0) is 16.3. The van der Waals surface area contributed by atoms with Gasteiger partial charge in [0.2, 0.25) is 15.9 Å². The van der Waals surface area contributed by atoms with Gasteiger partial charge in [-0.25, -0.2) is 13.1 Å². The molecule has 122 valence electrons. The molecule has 1 aliphatic rings. The van der Waals surface area contributed by atoms with Gasteiger partial charge in [-0.1, -0.05) is 17.7 Å². The molecule has 1 heterocycles. The fourth-order valence-electron chi connectivity index (χ4n) is 2.86. The van der Waals surface area contributed by atoms with Crippen LogP contribution < -0.4 is 4.72 Å². The number of carbonyl (C=O) groups is 1. The van der Waals surface area contributed by atoms with E-state index in [1.165, 1.54) is 0 Å². The Morgan fingerprint density at radius 3 is 2.45 bits per heavy atom. The summed E-state index contributed by atoms with van der Waals surface area (Å²) in [5.41, 5.74) is 1.81. The van der Waals surface area contributed by atoms with Gasteiger partial charge in [-0.2, -0.15) is 0 Å². The highest BCUT2D eigenvalue weighted by atomic mass is 32.2. The van der Waals surface area contributed by atoms with Crippen molar-refractivity contribution < 1.29 is 13.2 Å². The Balaban J connectivity index is 1.95. The van der Waals surface area contributed by atoms with Crippen LogP contribution in [-0.2, 0) is 14.8 Å². The molecule has 1 aromatic carbocycles. The lowest BCUT2D eigenvalue weighted by Crippen LogP contribution is -2.40. The van der Waals surface area contributed by atoms with Gasteiger partial charge in [0.05, 0.1) is 4.90 Å². The third-order valence-corrected chi connectivity index (χ3v) is 5.83. The predicted octanol–water partition coefficient (Wildman–Crippen LogP) is 1.84. The van der Waals surface area contributed by atoms with E-state index in [4.69, 9.17) is 0 Å². The van der Waals surface area contributed by atoms with Crippen molar-refractivity contribution in [2.45, 2.75) is 38.5 Å². The normalized spacial score (nSPS) is 16.8.